The van der Waals surface area contributed by atoms with Crippen molar-refractivity contribution >= 4 is 11.8 Å². The van der Waals surface area contributed by atoms with Crippen LogP contribution >= 0.6 is 0 Å². The van der Waals surface area contributed by atoms with Gasteiger partial charge in [-0.2, -0.15) is 0 Å². The highest BCUT2D eigenvalue weighted by molar-refractivity contribution is 6.16. The number of hydrogen-bond donors (Lipinski definition) is 0. The molecule has 1 aromatic rings. The van der Waals surface area contributed by atoms with Gasteiger partial charge in [-0.3, -0.25) is 19.5 Å². The molecular formula is C16H20N2O2. The monoisotopic (exact) mass is 272 g/mol. The van der Waals surface area contributed by atoms with E-state index in [4.69, 9.17) is 0 Å². The molecule has 4 heteroatoms. The van der Waals surface area contributed by atoms with Crippen molar-refractivity contribution in [3.63, 3.8) is 0 Å². The number of rotatable bonds is 7. The van der Waals surface area contributed by atoms with E-state index in [1.54, 1.807) is 6.20 Å². The molecule has 4 nitrogen and oxygen atoms in total. The highest BCUT2D eigenvalue weighted by Gasteiger charge is 2.30. The molecule has 106 valence electrons. The number of aromatic nitrogens is 1. The normalized spacial score (nSPS) is 14.8. The van der Waals surface area contributed by atoms with Crippen LogP contribution in [0.4, 0.5) is 0 Å². The van der Waals surface area contributed by atoms with Crippen molar-refractivity contribution in [3.05, 3.63) is 41.7 Å². The number of pyridine rings is 1. The first-order chi connectivity index (χ1) is 9.72. The van der Waals surface area contributed by atoms with Crippen LogP contribution in [-0.2, 0) is 16.1 Å². The summed E-state index contributed by atoms with van der Waals surface area (Å²) in [5, 5.41) is 0. The van der Waals surface area contributed by atoms with Crippen LogP contribution < -0.4 is 0 Å². The van der Waals surface area contributed by atoms with Gasteiger partial charge in [0.1, 0.15) is 0 Å². The molecule has 1 aliphatic heterocycles. The predicted molar refractivity (Wildman–Crippen MR) is 76.6 cm³/mol. The van der Waals surface area contributed by atoms with E-state index in [0.29, 0.717) is 12.0 Å². The summed E-state index contributed by atoms with van der Waals surface area (Å²) in [6.07, 6.45) is 8.26. The maximum atomic E-state index is 12.2. The molecule has 1 aliphatic rings. The topological polar surface area (TPSA) is 50.3 Å². The summed E-state index contributed by atoms with van der Waals surface area (Å²) in [6.45, 7) is 2.41. The van der Waals surface area contributed by atoms with Crippen molar-refractivity contribution in [3.8, 4) is 0 Å². The third-order valence-electron chi connectivity index (χ3n) is 3.43. The van der Waals surface area contributed by atoms with Crippen molar-refractivity contribution in [2.24, 2.45) is 0 Å². The van der Waals surface area contributed by atoms with Gasteiger partial charge < -0.3 is 0 Å². The number of amides is 2. The Morgan fingerprint density at radius 2 is 2.00 bits per heavy atom. The fourth-order valence-corrected chi connectivity index (χ4v) is 2.29. The van der Waals surface area contributed by atoms with E-state index in [9.17, 15) is 9.59 Å². The molecule has 2 heterocycles. The summed E-state index contributed by atoms with van der Waals surface area (Å²) < 4.78 is 0. The quantitative estimate of drug-likeness (QED) is 0.566. The minimum atomic E-state index is -0.217. The fourth-order valence-electron chi connectivity index (χ4n) is 2.29. The van der Waals surface area contributed by atoms with E-state index < -0.39 is 0 Å². The van der Waals surface area contributed by atoms with Crippen molar-refractivity contribution in [1.29, 1.82) is 0 Å². The highest BCUT2D eigenvalue weighted by Crippen LogP contribution is 2.20. The zero-order chi connectivity index (χ0) is 14.4. The van der Waals surface area contributed by atoms with Crippen LogP contribution in [0.25, 0.3) is 0 Å². The Hall–Kier alpha value is -1.97. The number of unbranched alkanes of at least 4 members (excludes halogenated alkanes) is 3. The van der Waals surface area contributed by atoms with Crippen molar-refractivity contribution < 1.29 is 9.59 Å². The van der Waals surface area contributed by atoms with Crippen LogP contribution in [0.15, 0.2) is 36.0 Å². The summed E-state index contributed by atoms with van der Waals surface area (Å²) >= 11 is 0. The second-order valence-corrected chi connectivity index (χ2v) is 5.03. The average Bonchev–Trinajstić information content (AvgIpc) is 2.72. The molecule has 0 N–H and O–H groups in total. The van der Waals surface area contributed by atoms with Crippen molar-refractivity contribution in [1.82, 2.24) is 9.88 Å². The molecule has 0 aliphatic carbocycles. The van der Waals surface area contributed by atoms with E-state index >= 15 is 0 Å². The Morgan fingerprint density at radius 1 is 1.15 bits per heavy atom. The second-order valence-electron chi connectivity index (χ2n) is 5.03. The molecule has 0 aromatic carbocycles. The lowest BCUT2D eigenvalue weighted by Gasteiger charge is -2.14. The lowest BCUT2D eigenvalue weighted by Crippen LogP contribution is -2.30. The molecule has 2 amide bonds. The molecule has 0 unspecified atom stereocenters. The van der Waals surface area contributed by atoms with E-state index in [2.05, 4.69) is 11.9 Å². The van der Waals surface area contributed by atoms with E-state index in [1.807, 2.05) is 18.2 Å². The predicted octanol–water partition coefficient (Wildman–Crippen LogP) is 2.85. The van der Waals surface area contributed by atoms with Gasteiger partial charge in [-0.1, -0.05) is 32.3 Å². The maximum Gasteiger partial charge on any atom is 0.257 e. The summed E-state index contributed by atoms with van der Waals surface area (Å²) in [5.74, 6) is -0.372. The molecule has 0 saturated heterocycles. The molecule has 0 bridgehead atoms. The van der Waals surface area contributed by atoms with Crippen LogP contribution in [0, 0.1) is 0 Å². The second kappa shape index (κ2) is 6.98. The number of nitrogens with zero attached hydrogens (tertiary/aromatic N) is 2. The molecule has 0 fully saturated rings. The third-order valence-corrected chi connectivity index (χ3v) is 3.43. The van der Waals surface area contributed by atoms with Gasteiger partial charge in [0.05, 0.1) is 12.2 Å². The van der Waals surface area contributed by atoms with Crippen molar-refractivity contribution in [2.45, 2.75) is 45.6 Å². The lowest BCUT2D eigenvalue weighted by molar-refractivity contribution is -0.138. The molecule has 0 radical (unpaired) electrons. The lowest BCUT2D eigenvalue weighted by atomic mass is 10.1. The minimum absolute atomic E-state index is 0.155. The van der Waals surface area contributed by atoms with Crippen LogP contribution in [0.1, 0.15) is 44.7 Å². The maximum absolute atomic E-state index is 12.2. The summed E-state index contributed by atoms with van der Waals surface area (Å²) in [7, 11) is 0. The minimum Gasteiger partial charge on any atom is -0.269 e. The van der Waals surface area contributed by atoms with E-state index in [0.717, 1.165) is 25.0 Å². The summed E-state index contributed by atoms with van der Waals surface area (Å²) in [6, 6.07) is 5.49. The van der Waals surface area contributed by atoms with Gasteiger partial charge in [0, 0.05) is 17.8 Å². The van der Waals surface area contributed by atoms with Crippen LogP contribution in [-0.4, -0.2) is 21.7 Å². The Labute approximate surface area is 119 Å². The molecule has 1 aromatic heterocycles. The van der Waals surface area contributed by atoms with Crippen LogP contribution in [0.3, 0.4) is 0 Å². The molecule has 2 rings (SSSR count). The number of imide groups is 1. The van der Waals surface area contributed by atoms with Gasteiger partial charge in [0.15, 0.2) is 0 Å². The Kier molecular flexibility index (Phi) is 5.04. The SMILES string of the molecule is CCCCCCC1=CC(=O)N(Cc2ccccn2)C1=O. The Morgan fingerprint density at radius 3 is 2.70 bits per heavy atom. The van der Waals surface area contributed by atoms with Gasteiger partial charge in [-0.15, -0.1) is 0 Å². The van der Waals surface area contributed by atoms with E-state index in [-0.39, 0.29) is 18.4 Å². The average molecular weight is 272 g/mol. The molecule has 0 saturated carbocycles. The number of carbonyl (C=O) groups is 2. The summed E-state index contributed by atoms with van der Waals surface area (Å²) in [4.78, 5) is 29.5. The van der Waals surface area contributed by atoms with Gasteiger partial charge in [0.25, 0.3) is 11.8 Å². The molecular weight excluding hydrogens is 252 g/mol. The first kappa shape index (κ1) is 14.4. The zero-order valence-corrected chi connectivity index (χ0v) is 11.8. The smallest absolute Gasteiger partial charge is 0.257 e. The molecule has 0 atom stereocenters. The van der Waals surface area contributed by atoms with E-state index in [1.165, 1.54) is 17.4 Å². The number of hydrogen-bond acceptors (Lipinski definition) is 3. The Bertz CT molecular complexity index is 508. The summed E-state index contributed by atoms with van der Waals surface area (Å²) in [5.41, 5.74) is 1.37. The fraction of sp³-hybridized carbons (Fsp3) is 0.438. The molecule has 20 heavy (non-hydrogen) atoms. The van der Waals surface area contributed by atoms with Gasteiger partial charge in [0.2, 0.25) is 0 Å². The van der Waals surface area contributed by atoms with Crippen molar-refractivity contribution in [2.75, 3.05) is 0 Å². The first-order valence-electron chi connectivity index (χ1n) is 7.18. The molecule has 0 spiro atoms. The first-order valence-corrected chi connectivity index (χ1v) is 7.18. The Balaban J connectivity index is 1.91. The highest BCUT2D eigenvalue weighted by atomic mass is 16.2. The largest absolute Gasteiger partial charge is 0.269 e. The number of carbonyl (C=O) groups excluding carboxylic acids is 2. The van der Waals surface area contributed by atoms with Gasteiger partial charge in [-0.25, -0.2) is 0 Å². The third kappa shape index (κ3) is 3.53. The van der Waals surface area contributed by atoms with Gasteiger partial charge in [-0.05, 0) is 25.0 Å². The van der Waals surface area contributed by atoms with Crippen LogP contribution in [0.5, 0.6) is 0 Å². The van der Waals surface area contributed by atoms with Crippen LogP contribution in [0.2, 0.25) is 0 Å². The standard InChI is InChI=1S/C16H20N2O2/c1-2-3-4-5-8-13-11-15(19)18(16(13)20)12-14-9-6-7-10-17-14/h6-7,9-11H,2-5,8,12H2,1H3. The van der Waals surface area contributed by atoms with Gasteiger partial charge >= 0.3 is 0 Å². The zero-order valence-electron chi connectivity index (χ0n) is 11.8.